The second kappa shape index (κ2) is 11.4. The molecule has 3 aromatic rings. The van der Waals surface area contributed by atoms with Crippen LogP contribution in [0.1, 0.15) is 31.1 Å². The van der Waals surface area contributed by atoms with Gasteiger partial charge in [-0.3, -0.25) is 14.9 Å². The van der Waals surface area contributed by atoms with Gasteiger partial charge < -0.3 is 15.1 Å². The van der Waals surface area contributed by atoms with Crippen molar-refractivity contribution in [3.63, 3.8) is 0 Å². The van der Waals surface area contributed by atoms with Crippen molar-refractivity contribution >= 4 is 58.2 Å². The van der Waals surface area contributed by atoms with Gasteiger partial charge in [-0.2, -0.15) is 0 Å². The summed E-state index contributed by atoms with van der Waals surface area (Å²) < 4.78 is 5.77. The van der Waals surface area contributed by atoms with Crippen LogP contribution >= 0.6 is 23.8 Å². The zero-order valence-electron chi connectivity index (χ0n) is 18.3. The van der Waals surface area contributed by atoms with Gasteiger partial charge in [-0.25, -0.2) is 0 Å². The first-order chi connectivity index (χ1) is 15.8. The fraction of sp³-hybridized carbons (Fsp3) is 0.160. The molecule has 0 aliphatic heterocycles. The molecule has 0 radical (unpaired) electrons. The summed E-state index contributed by atoms with van der Waals surface area (Å²) in [4.78, 5) is 23.8. The average molecular weight is 482 g/mol. The van der Waals surface area contributed by atoms with Gasteiger partial charge in [0.15, 0.2) is 5.11 Å². The van der Waals surface area contributed by atoms with E-state index < -0.39 is 5.91 Å². The summed E-state index contributed by atoms with van der Waals surface area (Å²) in [6, 6.07) is 16.3. The third-order valence-electron chi connectivity index (χ3n) is 4.62. The molecular formula is C25H24ClN3O3S. The maximum absolute atomic E-state index is 12.2. The third-order valence-corrected chi connectivity index (χ3v) is 5.23. The Balaban J connectivity index is 1.51. The zero-order chi connectivity index (χ0) is 23.8. The number of thiocarbonyl (C=S) groups is 1. The summed E-state index contributed by atoms with van der Waals surface area (Å²) >= 11 is 11.4. The molecule has 0 fully saturated rings. The first-order valence-electron chi connectivity index (χ1n) is 10.4. The highest BCUT2D eigenvalue weighted by molar-refractivity contribution is 7.80. The Morgan fingerprint density at radius 2 is 1.73 bits per heavy atom. The molecule has 0 spiro atoms. The molecule has 2 amide bonds. The second-order valence-corrected chi connectivity index (χ2v) is 8.13. The molecule has 0 atom stereocenters. The molecule has 6 nitrogen and oxygen atoms in total. The highest BCUT2D eigenvalue weighted by Crippen LogP contribution is 2.27. The molecule has 0 saturated carbocycles. The van der Waals surface area contributed by atoms with Crippen molar-refractivity contribution in [2.24, 2.45) is 0 Å². The maximum atomic E-state index is 12.2. The predicted octanol–water partition coefficient (Wildman–Crippen LogP) is 6.17. The molecule has 0 bridgehead atoms. The van der Waals surface area contributed by atoms with Gasteiger partial charge in [-0.05, 0) is 79.7 Å². The minimum Gasteiger partial charge on any atom is -0.457 e. The van der Waals surface area contributed by atoms with Gasteiger partial charge in [0.05, 0.1) is 0 Å². The molecule has 170 valence electrons. The SMILES string of the molecule is CCCC(=O)Nc1ccc(NC(=S)NC(=O)C=Cc2ccc(-c3ccc(C)c(Cl)c3)o2)cc1. The Bertz CT molecular complexity index is 1190. The van der Waals surface area contributed by atoms with Crippen LogP contribution in [-0.4, -0.2) is 16.9 Å². The Hall–Kier alpha value is -3.42. The molecular weight excluding hydrogens is 458 g/mol. The van der Waals surface area contributed by atoms with E-state index in [1.54, 1.807) is 36.4 Å². The molecule has 2 aromatic carbocycles. The van der Waals surface area contributed by atoms with Crippen molar-refractivity contribution in [2.45, 2.75) is 26.7 Å². The molecule has 1 aromatic heterocycles. The van der Waals surface area contributed by atoms with Crippen LogP contribution < -0.4 is 16.0 Å². The van der Waals surface area contributed by atoms with Crippen LogP contribution in [0.3, 0.4) is 0 Å². The number of rotatable bonds is 7. The first kappa shape index (κ1) is 24.2. The van der Waals surface area contributed by atoms with Crippen molar-refractivity contribution in [2.75, 3.05) is 10.6 Å². The van der Waals surface area contributed by atoms with Crippen molar-refractivity contribution in [1.29, 1.82) is 0 Å². The van der Waals surface area contributed by atoms with Crippen LogP contribution in [0.15, 0.2) is 65.1 Å². The van der Waals surface area contributed by atoms with Gasteiger partial charge in [0.2, 0.25) is 11.8 Å². The van der Waals surface area contributed by atoms with E-state index in [2.05, 4.69) is 16.0 Å². The summed E-state index contributed by atoms with van der Waals surface area (Å²) in [7, 11) is 0. The fourth-order valence-corrected chi connectivity index (χ4v) is 3.30. The number of hydrogen-bond donors (Lipinski definition) is 3. The Morgan fingerprint density at radius 1 is 1.03 bits per heavy atom. The maximum Gasteiger partial charge on any atom is 0.250 e. The lowest BCUT2D eigenvalue weighted by atomic mass is 10.1. The van der Waals surface area contributed by atoms with Gasteiger partial charge in [0.1, 0.15) is 11.5 Å². The normalized spacial score (nSPS) is 10.8. The zero-order valence-corrected chi connectivity index (χ0v) is 19.8. The molecule has 1 heterocycles. The molecule has 0 saturated heterocycles. The van der Waals surface area contributed by atoms with Gasteiger partial charge in [0.25, 0.3) is 0 Å². The van der Waals surface area contributed by atoms with E-state index >= 15 is 0 Å². The first-order valence-corrected chi connectivity index (χ1v) is 11.2. The quantitative estimate of drug-likeness (QED) is 0.277. The van der Waals surface area contributed by atoms with E-state index in [-0.39, 0.29) is 11.0 Å². The van der Waals surface area contributed by atoms with Crippen molar-refractivity contribution in [3.8, 4) is 11.3 Å². The Kier molecular flexibility index (Phi) is 8.40. The number of amides is 2. The molecule has 3 N–H and O–H groups in total. The highest BCUT2D eigenvalue weighted by atomic mass is 35.5. The van der Waals surface area contributed by atoms with E-state index in [1.165, 1.54) is 6.08 Å². The third kappa shape index (κ3) is 7.30. The second-order valence-electron chi connectivity index (χ2n) is 7.32. The summed E-state index contributed by atoms with van der Waals surface area (Å²) in [5, 5.41) is 9.14. The number of benzene rings is 2. The number of anilines is 2. The fourth-order valence-electron chi connectivity index (χ4n) is 2.90. The number of carbonyl (C=O) groups excluding carboxylic acids is 2. The van der Waals surface area contributed by atoms with Crippen LogP contribution in [0.5, 0.6) is 0 Å². The molecule has 0 aliphatic rings. The number of furan rings is 1. The van der Waals surface area contributed by atoms with Crippen LogP contribution in [0.25, 0.3) is 17.4 Å². The van der Waals surface area contributed by atoms with E-state index in [4.69, 9.17) is 28.2 Å². The van der Waals surface area contributed by atoms with Crippen molar-refractivity contribution in [3.05, 3.63) is 77.0 Å². The summed E-state index contributed by atoms with van der Waals surface area (Å²) in [6.07, 6.45) is 4.16. The molecule has 33 heavy (non-hydrogen) atoms. The van der Waals surface area contributed by atoms with Gasteiger partial charge in [-0.15, -0.1) is 0 Å². The molecule has 8 heteroatoms. The van der Waals surface area contributed by atoms with Crippen LogP contribution in [0, 0.1) is 6.92 Å². The Morgan fingerprint density at radius 3 is 2.39 bits per heavy atom. The minimum atomic E-state index is -0.396. The van der Waals surface area contributed by atoms with Gasteiger partial charge >= 0.3 is 0 Å². The lowest BCUT2D eigenvalue weighted by molar-refractivity contribution is -0.116. The minimum absolute atomic E-state index is 0.0286. The van der Waals surface area contributed by atoms with Gasteiger partial charge in [-0.1, -0.05) is 30.7 Å². The molecule has 0 aliphatic carbocycles. The lowest BCUT2D eigenvalue weighted by Crippen LogP contribution is -2.32. The van der Waals surface area contributed by atoms with E-state index in [0.717, 1.165) is 17.5 Å². The van der Waals surface area contributed by atoms with E-state index in [1.807, 2.05) is 38.1 Å². The average Bonchev–Trinajstić information content (AvgIpc) is 3.25. The summed E-state index contributed by atoms with van der Waals surface area (Å²) in [5.41, 5.74) is 3.23. The smallest absolute Gasteiger partial charge is 0.250 e. The highest BCUT2D eigenvalue weighted by Gasteiger charge is 2.07. The number of nitrogens with one attached hydrogen (secondary N) is 3. The monoisotopic (exact) mass is 481 g/mol. The number of halogens is 1. The van der Waals surface area contributed by atoms with Crippen LogP contribution in [0.2, 0.25) is 5.02 Å². The van der Waals surface area contributed by atoms with Crippen LogP contribution in [-0.2, 0) is 9.59 Å². The summed E-state index contributed by atoms with van der Waals surface area (Å²) in [5.74, 6) is 0.756. The van der Waals surface area contributed by atoms with Crippen LogP contribution in [0.4, 0.5) is 11.4 Å². The standard InChI is InChI=1S/C25H24ClN3O3S/c1-3-4-23(30)27-18-7-9-19(10-8-18)28-25(33)29-24(31)14-12-20-11-13-22(32-20)17-6-5-16(2)21(26)15-17/h5-15H,3-4H2,1-2H3,(H,27,30)(H2,28,29,31,33). The Labute approximate surface area is 203 Å². The van der Waals surface area contributed by atoms with Crippen molar-refractivity contribution in [1.82, 2.24) is 5.32 Å². The topological polar surface area (TPSA) is 83.4 Å². The summed E-state index contributed by atoms with van der Waals surface area (Å²) in [6.45, 7) is 3.88. The number of carbonyl (C=O) groups is 2. The van der Waals surface area contributed by atoms with Gasteiger partial charge in [0, 0.05) is 34.5 Å². The van der Waals surface area contributed by atoms with E-state index in [9.17, 15) is 9.59 Å². The molecule has 3 rings (SSSR count). The largest absolute Gasteiger partial charge is 0.457 e. The molecule has 0 unspecified atom stereocenters. The van der Waals surface area contributed by atoms with E-state index in [0.29, 0.717) is 34.3 Å². The number of aryl methyl sites for hydroxylation is 1. The number of hydrogen-bond acceptors (Lipinski definition) is 4. The lowest BCUT2D eigenvalue weighted by Gasteiger charge is -2.09. The van der Waals surface area contributed by atoms with Crippen molar-refractivity contribution < 1.29 is 14.0 Å². The predicted molar refractivity (Wildman–Crippen MR) is 137 cm³/mol.